The third-order valence-corrected chi connectivity index (χ3v) is 3.85. The molecule has 11 nitrogen and oxygen atoms in total. The van der Waals surface area contributed by atoms with Crippen LogP contribution in [0.1, 0.15) is 31.1 Å². The highest BCUT2D eigenvalue weighted by Gasteiger charge is 2.37. The van der Waals surface area contributed by atoms with Crippen molar-refractivity contribution in [3.63, 3.8) is 0 Å². The van der Waals surface area contributed by atoms with Crippen molar-refractivity contribution >= 4 is 5.97 Å². The number of hydrogen-bond donors (Lipinski definition) is 2. The summed E-state index contributed by atoms with van der Waals surface area (Å²) in [6, 6.07) is -0.601. The van der Waals surface area contributed by atoms with Crippen LogP contribution in [-0.2, 0) is 14.3 Å². The molecule has 1 aromatic heterocycles. The van der Waals surface area contributed by atoms with Gasteiger partial charge >= 0.3 is 11.7 Å². The van der Waals surface area contributed by atoms with E-state index in [0.29, 0.717) is 18.5 Å². The average molecular weight is 352 g/mol. The van der Waals surface area contributed by atoms with Crippen LogP contribution in [-0.4, -0.2) is 40.8 Å². The summed E-state index contributed by atoms with van der Waals surface area (Å²) in [4.78, 5) is 40.0. The molecule has 0 unspecified atom stereocenters. The van der Waals surface area contributed by atoms with Gasteiger partial charge in [0.05, 0.1) is 6.04 Å². The van der Waals surface area contributed by atoms with Crippen molar-refractivity contribution in [1.82, 2.24) is 9.55 Å². The highest BCUT2D eigenvalue weighted by Crippen LogP contribution is 2.30. The van der Waals surface area contributed by atoms with Gasteiger partial charge in [-0.3, -0.25) is 19.1 Å². The number of nitrogens with two attached hydrogens (primary N) is 1. The second-order valence-electron chi connectivity index (χ2n) is 5.69. The molecule has 0 saturated carbocycles. The standard InChI is InChI=1S/C14H20N6O5/c1-8-6-20(14(23)17-13(8)22)11-5-9(18-19-16)10(25-11)7-24-12(21)3-2-4-15/h6,9-11H,2-5,7,15H2,1H3,(H,17,22,23)/t9-,10+,11+/m0/s1. The normalized spacial score (nSPS) is 22.4. The zero-order valence-electron chi connectivity index (χ0n) is 13.8. The summed E-state index contributed by atoms with van der Waals surface area (Å²) >= 11 is 0. The summed E-state index contributed by atoms with van der Waals surface area (Å²) in [7, 11) is 0. The summed E-state index contributed by atoms with van der Waals surface area (Å²) in [6.45, 7) is 1.85. The third-order valence-electron chi connectivity index (χ3n) is 3.85. The average Bonchev–Trinajstić information content (AvgIpc) is 2.97. The predicted molar refractivity (Wildman–Crippen MR) is 86.8 cm³/mol. The lowest BCUT2D eigenvalue weighted by Gasteiger charge is -2.16. The lowest BCUT2D eigenvalue weighted by Crippen LogP contribution is -2.33. The van der Waals surface area contributed by atoms with Crippen molar-refractivity contribution in [1.29, 1.82) is 0 Å². The fourth-order valence-corrected chi connectivity index (χ4v) is 2.52. The van der Waals surface area contributed by atoms with E-state index in [9.17, 15) is 14.4 Å². The van der Waals surface area contributed by atoms with Gasteiger partial charge in [0, 0.05) is 29.5 Å². The van der Waals surface area contributed by atoms with E-state index in [1.165, 1.54) is 10.8 Å². The maximum absolute atomic E-state index is 12.0. The smallest absolute Gasteiger partial charge is 0.330 e. The quantitative estimate of drug-likeness (QED) is 0.305. The van der Waals surface area contributed by atoms with Gasteiger partial charge < -0.3 is 15.2 Å². The van der Waals surface area contributed by atoms with Gasteiger partial charge in [0.2, 0.25) is 0 Å². The van der Waals surface area contributed by atoms with E-state index in [4.69, 9.17) is 20.7 Å². The second-order valence-corrected chi connectivity index (χ2v) is 5.69. The number of H-pyrrole nitrogens is 1. The van der Waals surface area contributed by atoms with Crippen LogP contribution in [0.25, 0.3) is 10.4 Å². The number of azide groups is 1. The molecule has 2 rings (SSSR count). The molecule has 0 radical (unpaired) electrons. The number of carbonyl (C=O) groups excluding carboxylic acids is 1. The van der Waals surface area contributed by atoms with Gasteiger partial charge in [0.25, 0.3) is 5.56 Å². The number of esters is 1. The Hall–Kier alpha value is -2.62. The van der Waals surface area contributed by atoms with E-state index in [2.05, 4.69) is 15.0 Å². The molecule has 0 bridgehead atoms. The molecule has 11 heteroatoms. The largest absolute Gasteiger partial charge is 0.463 e. The molecule has 0 amide bonds. The molecule has 25 heavy (non-hydrogen) atoms. The van der Waals surface area contributed by atoms with Crippen molar-refractivity contribution in [3.05, 3.63) is 43.0 Å². The minimum atomic E-state index is -0.730. The van der Waals surface area contributed by atoms with E-state index in [1.54, 1.807) is 6.92 Å². The maximum atomic E-state index is 12.0. The number of nitrogens with zero attached hydrogens (tertiary/aromatic N) is 4. The van der Waals surface area contributed by atoms with Gasteiger partial charge in [0.1, 0.15) is 18.9 Å². The van der Waals surface area contributed by atoms with E-state index >= 15 is 0 Å². The van der Waals surface area contributed by atoms with Crippen molar-refractivity contribution < 1.29 is 14.3 Å². The number of hydrogen-bond acceptors (Lipinski definition) is 7. The lowest BCUT2D eigenvalue weighted by molar-refractivity contribution is -0.148. The van der Waals surface area contributed by atoms with Crippen molar-refractivity contribution in [3.8, 4) is 0 Å². The fourth-order valence-electron chi connectivity index (χ4n) is 2.52. The molecule has 1 aliphatic heterocycles. The molecular formula is C14H20N6O5. The van der Waals surface area contributed by atoms with Crippen LogP contribution in [0.5, 0.6) is 0 Å². The Morgan fingerprint density at radius 3 is 3.04 bits per heavy atom. The summed E-state index contributed by atoms with van der Waals surface area (Å²) in [6.07, 6.45) is 0.902. The van der Waals surface area contributed by atoms with Crippen LogP contribution >= 0.6 is 0 Å². The Morgan fingerprint density at radius 1 is 1.60 bits per heavy atom. The van der Waals surface area contributed by atoms with Crippen molar-refractivity contribution in [2.24, 2.45) is 10.8 Å². The number of aryl methyl sites for hydroxylation is 1. The number of ether oxygens (including phenoxy) is 2. The van der Waals surface area contributed by atoms with E-state index in [-0.39, 0.29) is 19.4 Å². The Balaban J connectivity index is 2.10. The molecule has 0 aliphatic carbocycles. The van der Waals surface area contributed by atoms with E-state index in [1.807, 2.05) is 0 Å². The monoisotopic (exact) mass is 352 g/mol. The van der Waals surface area contributed by atoms with Crippen LogP contribution in [0.15, 0.2) is 20.9 Å². The van der Waals surface area contributed by atoms with Crippen LogP contribution in [0.4, 0.5) is 0 Å². The topological polar surface area (TPSA) is 165 Å². The molecule has 3 N–H and O–H groups in total. The zero-order valence-corrected chi connectivity index (χ0v) is 13.8. The van der Waals surface area contributed by atoms with E-state index < -0.39 is 35.6 Å². The maximum Gasteiger partial charge on any atom is 0.330 e. The number of aromatic nitrogens is 2. The summed E-state index contributed by atoms with van der Waals surface area (Å²) < 4.78 is 12.1. The van der Waals surface area contributed by atoms with Gasteiger partial charge in [-0.25, -0.2) is 4.79 Å². The van der Waals surface area contributed by atoms with Gasteiger partial charge in [-0.2, -0.15) is 0 Å². The first-order valence-electron chi connectivity index (χ1n) is 7.83. The summed E-state index contributed by atoms with van der Waals surface area (Å²) in [5.74, 6) is -0.422. The molecule has 1 aliphatic rings. The molecule has 2 heterocycles. The van der Waals surface area contributed by atoms with Crippen LogP contribution in [0.2, 0.25) is 0 Å². The SMILES string of the molecule is Cc1cn([C@H]2C[C@H](N=[N+]=[N-])[C@@H](COC(=O)CCCN)O2)c(=O)[nH]c1=O. The van der Waals surface area contributed by atoms with Gasteiger partial charge in [-0.15, -0.1) is 0 Å². The van der Waals surface area contributed by atoms with Gasteiger partial charge in [-0.1, -0.05) is 5.11 Å². The Bertz CT molecular complexity index is 781. The lowest BCUT2D eigenvalue weighted by atomic mass is 10.1. The predicted octanol–water partition coefficient (Wildman–Crippen LogP) is 0.0935. The van der Waals surface area contributed by atoms with Crippen molar-refractivity contribution in [2.45, 2.75) is 44.6 Å². The third kappa shape index (κ3) is 4.69. The fraction of sp³-hybridized carbons (Fsp3) is 0.643. The summed E-state index contributed by atoms with van der Waals surface area (Å²) in [5, 5.41) is 3.65. The molecule has 136 valence electrons. The minimum absolute atomic E-state index is 0.0966. The zero-order chi connectivity index (χ0) is 18.4. The Labute approximate surface area is 142 Å². The molecule has 0 spiro atoms. The van der Waals surface area contributed by atoms with Gasteiger partial charge in [0.15, 0.2) is 0 Å². The molecule has 1 aromatic rings. The molecule has 1 saturated heterocycles. The minimum Gasteiger partial charge on any atom is -0.463 e. The molecular weight excluding hydrogens is 332 g/mol. The van der Waals surface area contributed by atoms with Gasteiger partial charge in [-0.05, 0) is 25.4 Å². The number of carbonyl (C=O) groups is 1. The first-order chi connectivity index (χ1) is 12.0. The molecule has 0 aromatic carbocycles. The Morgan fingerprint density at radius 2 is 2.36 bits per heavy atom. The second kappa shape index (κ2) is 8.47. The first-order valence-corrected chi connectivity index (χ1v) is 7.83. The highest BCUT2D eigenvalue weighted by molar-refractivity contribution is 5.69. The number of rotatable bonds is 7. The summed E-state index contributed by atoms with van der Waals surface area (Å²) in [5.41, 5.74) is 13.3. The van der Waals surface area contributed by atoms with Crippen LogP contribution in [0.3, 0.4) is 0 Å². The van der Waals surface area contributed by atoms with Crippen molar-refractivity contribution in [2.75, 3.05) is 13.2 Å². The highest BCUT2D eigenvalue weighted by atomic mass is 16.6. The molecule has 3 atom stereocenters. The number of aromatic amines is 1. The first kappa shape index (κ1) is 18.7. The van der Waals surface area contributed by atoms with Crippen LogP contribution in [0, 0.1) is 6.92 Å². The number of nitrogens with one attached hydrogen (secondary N) is 1. The van der Waals surface area contributed by atoms with E-state index in [0.717, 1.165) is 0 Å². The molecule has 1 fully saturated rings. The van der Waals surface area contributed by atoms with Crippen LogP contribution < -0.4 is 17.0 Å². The Kier molecular flexibility index (Phi) is 6.34.